The number of nitrogens with zero attached hydrogens (tertiary/aromatic N) is 1. The van der Waals surface area contributed by atoms with Crippen molar-refractivity contribution in [3.05, 3.63) is 35.9 Å². The molecule has 1 aromatic rings. The van der Waals surface area contributed by atoms with Crippen molar-refractivity contribution < 1.29 is 14.3 Å². The maximum absolute atomic E-state index is 11.7. The van der Waals surface area contributed by atoms with Crippen LogP contribution in [-0.4, -0.2) is 24.0 Å². The van der Waals surface area contributed by atoms with E-state index in [4.69, 9.17) is 17.5 Å². The highest BCUT2D eigenvalue weighted by atomic mass is 32.1. The summed E-state index contributed by atoms with van der Waals surface area (Å²) in [6.45, 7) is 0. The lowest BCUT2D eigenvalue weighted by atomic mass is 10.1. The smallest absolute Gasteiger partial charge is 0.330 e. The first-order chi connectivity index (χ1) is 8.60. The lowest BCUT2D eigenvalue weighted by Crippen LogP contribution is -2.37. The molecule has 92 valence electrons. The second kappa shape index (κ2) is 6.47. The standard InChI is InChI=1S/C12H10N2O3S/c1-17-12(16)9(7-13)11(18)14-10(15)8-5-3-2-4-6-8/h2-6,9H,1H3,(H,14,15,18)/t9-/m1/s1. The van der Waals surface area contributed by atoms with Gasteiger partial charge in [-0.1, -0.05) is 30.4 Å². The van der Waals surface area contributed by atoms with Crippen molar-refractivity contribution >= 4 is 29.1 Å². The molecule has 1 rings (SSSR count). The number of ether oxygens (including phenoxy) is 1. The predicted octanol–water partition coefficient (Wildman–Crippen LogP) is 1.06. The quantitative estimate of drug-likeness (QED) is 0.650. The summed E-state index contributed by atoms with van der Waals surface area (Å²) in [6, 6.07) is 10.0. The molecule has 0 heterocycles. The van der Waals surface area contributed by atoms with Crippen LogP contribution in [0, 0.1) is 17.2 Å². The van der Waals surface area contributed by atoms with Gasteiger partial charge in [-0.3, -0.25) is 9.59 Å². The number of thiocarbonyl (C=S) groups is 1. The summed E-state index contributed by atoms with van der Waals surface area (Å²) in [4.78, 5) is 22.8. The van der Waals surface area contributed by atoms with Gasteiger partial charge in [-0.05, 0) is 12.1 Å². The van der Waals surface area contributed by atoms with E-state index in [9.17, 15) is 9.59 Å². The van der Waals surface area contributed by atoms with Gasteiger partial charge in [0.05, 0.1) is 13.2 Å². The minimum absolute atomic E-state index is 0.168. The van der Waals surface area contributed by atoms with Crippen LogP contribution in [0.25, 0.3) is 0 Å². The zero-order valence-corrected chi connectivity index (χ0v) is 10.4. The van der Waals surface area contributed by atoms with E-state index in [0.29, 0.717) is 5.56 Å². The molecule has 0 aliphatic heterocycles. The second-order valence-corrected chi connectivity index (χ2v) is 3.71. The van der Waals surface area contributed by atoms with Crippen molar-refractivity contribution in [2.75, 3.05) is 7.11 Å². The van der Waals surface area contributed by atoms with E-state index < -0.39 is 17.8 Å². The van der Waals surface area contributed by atoms with Gasteiger partial charge in [0.1, 0.15) is 4.99 Å². The van der Waals surface area contributed by atoms with Gasteiger partial charge in [-0.25, -0.2) is 0 Å². The van der Waals surface area contributed by atoms with Crippen molar-refractivity contribution in [2.24, 2.45) is 5.92 Å². The summed E-state index contributed by atoms with van der Waals surface area (Å²) < 4.78 is 4.41. The molecule has 1 amide bonds. The minimum Gasteiger partial charge on any atom is -0.468 e. The number of hydrogen-bond donors (Lipinski definition) is 1. The van der Waals surface area contributed by atoms with Crippen molar-refractivity contribution in [2.45, 2.75) is 0 Å². The molecule has 1 N–H and O–H groups in total. The molecule has 0 bridgehead atoms. The van der Waals surface area contributed by atoms with Crippen LogP contribution in [0.1, 0.15) is 10.4 Å². The maximum atomic E-state index is 11.7. The van der Waals surface area contributed by atoms with E-state index in [0.717, 1.165) is 7.11 Å². The Kier molecular flexibility index (Phi) is 4.96. The molecule has 0 saturated carbocycles. The Morgan fingerprint density at radius 1 is 1.39 bits per heavy atom. The summed E-state index contributed by atoms with van der Waals surface area (Å²) in [5.74, 6) is -2.54. The monoisotopic (exact) mass is 262 g/mol. The third-order valence-corrected chi connectivity index (χ3v) is 2.44. The zero-order chi connectivity index (χ0) is 13.5. The Morgan fingerprint density at radius 2 is 2.00 bits per heavy atom. The highest BCUT2D eigenvalue weighted by Gasteiger charge is 2.25. The number of nitrogens with one attached hydrogen (secondary N) is 1. The molecule has 0 saturated heterocycles. The van der Waals surface area contributed by atoms with Crippen LogP contribution in [0.15, 0.2) is 30.3 Å². The Balaban J connectivity index is 2.74. The number of nitriles is 1. The Bertz CT molecular complexity index is 508. The highest BCUT2D eigenvalue weighted by molar-refractivity contribution is 7.80. The van der Waals surface area contributed by atoms with Gasteiger partial charge in [0, 0.05) is 5.56 Å². The highest BCUT2D eigenvalue weighted by Crippen LogP contribution is 2.03. The lowest BCUT2D eigenvalue weighted by Gasteiger charge is -2.10. The number of hydrogen-bond acceptors (Lipinski definition) is 5. The fraction of sp³-hybridized carbons (Fsp3) is 0.167. The summed E-state index contributed by atoms with van der Waals surface area (Å²) in [6.07, 6.45) is 0. The lowest BCUT2D eigenvalue weighted by molar-refractivity contribution is -0.141. The van der Waals surface area contributed by atoms with Crippen LogP contribution in [0.3, 0.4) is 0 Å². The van der Waals surface area contributed by atoms with Gasteiger partial charge in [-0.2, -0.15) is 5.26 Å². The van der Waals surface area contributed by atoms with Crippen molar-refractivity contribution in [3.8, 4) is 6.07 Å². The number of methoxy groups -OCH3 is 1. The predicted molar refractivity (Wildman–Crippen MR) is 67.6 cm³/mol. The largest absolute Gasteiger partial charge is 0.468 e. The van der Waals surface area contributed by atoms with E-state index in [1.165, 1.54) is 0 Å². The third-order valence-electron chi connectivity index (χ3n) is 2.10. The first-order valence-electron chi connectivity index (χ1n) is 4.98. The van der Waals surface area contributed by atoms with Gasteiger partial charge in [0.15, 0.2) is 5.92 Å². The second-order valence-electron chi connectivity index (χ2n) is 3.27. The number of benzene rings is 1. The van der Waals surface area contributed by atoms with Gasteiger partial charge < -0.3 is 10.1 Å². The molecule has 0 aliphatic carbocycles. The zero-order valence-electron chi connectivity index (χ0n) is 9.54. The van der Waals surface area contributed by atoms with Crippen molar-refractivity contribution in [3.63, 3.8) is 0 Å². The van der Waals surface area contributed by atoms with Gasteiger partial charge in [0.25, 0.3) is 5.91 Å². The molecular formula is C12H10N2O3S. The summed E-state index contributed by atoms with van der Waals surface area (Å²) in [5.41, 5.74) is 0.390. The molecule has 1 atom stereocenters. The molecule has 0 aliphatic rings. The molecule has 0 fully saturated rings. The average Bonchev–Trinajstić information content (AvgIpc) is 2.40. The molecule has 1 aromatic carbocycles. The number of esters is 1. The molecule has 6 heteroatoms. The summed E-state index contributed by atoms with van der Waals surface area (Å²) >= 11 is 4.84. The van der Waals surface area contributed by atoms with Crippen LogP contribution in [-0.2, 0) is 9.53 Å². The molecule has 0 radical (unpaired) electrons. The average molecular weight is 262 g/mol. The SMILES string of the molecule is COC(=O)[C@H](C#N)C(=S)NC(=O)c1ccccc1. The van der Waals surface area contributed by atoms with Crippen molar-refractivity contribution in [1.82, 2.24) is 5.32 Å². The maximum Gasteiger partial charge on any atom is 0.330 e. The Morgan fingerprint density at radius 3 is 2.50 bits per heavy atom. The number of rotatable bonds is 3. The fourth-order valence-corrected chi connectivity index (χ4v) is 1.42. The first-order valence-corrected chi connectivity index (χ1v) is 5.38. The molecular weight excluding hydrogens is 252 g/mol. The third kappa shape index (κ3) is 3.37. The van der Waals surface area contributed by atoms with Crippen LogP contribution < -0.4 is 5.32 Å². The molecule has 0 unspecified atom stereocenters. The summed E-state index contributed by atoms with van der Waals surface area (Å²) in [5, 5.41) is 11.1. The van der Waals surface area contributed by atoms with Crippen LogP contribution in [0.4, 0.5) is 0 Å². The topological polar surface area (TPSA) is 79.2 Å². The van der Waals surface area contributed by atoms with Crippen LogP contribution >= 0.6 is 12.2 Å². The van der Waals surface area contributed by atoms with E-state index in [1.807, 2.05) is 0 Å². The van der Waals surface area contributed by atoms with Gasteiger partial charge in [0.2, 0.25) is 0 Å². The molecule has 18 heavy (non-hydrogen) atoms. The Labute approximate surface area is 109 Å². The summed E-state index contributed by atoms with van der Waals surface area (Å²) in [7, 11) is 1.15. The van der Waals surface area contributed by atoms with E-state index in [-0.39, 0.29) is 4.99 Å². The molecule has 0 aromatic heterocycles. The fourth-order valence-electron chi connectivity index (χ4n) is 1.18. The minimum atomic E-state index is -1.28. The normalized spacial score (nSPS) is 10.9. The van der Waals surface area contributed by atoms with Crippen molar-refractivity contribution in [1.29, 1.82) is 5.26 Å². The Hall–Kier alpha value is -2.26. The number of carbonyl (C=O) groups is 2. The molecule has 0 spiro atoms. The van der Waals surface area contributed by atoms with Crippen LogP contribution in [0.2, 0.25) is 0 Å². The van der Waals surface area contributed by atoms with E-state index in [2.05, 4.69) is 10.1 Å². The van der Waals surface area contributed by atoms with Gasteiger partial charge >= 0.3 is 5.97 Å². The molecule has 5 nitrogen and oxygen atoms in total. The first kappa shape index (κ1) is 13.8. The van der Waals surface area contributed by atoms with E-state index >= 15 is 0 Å². The van der Waals surface area contributed by atoms with Crippen LogP contribution in [0.5, 0.6) is 0 Å². The van der Waals surface area contributed by atoms with Gasteiger partial charge in [-0.15, -0.1) is 0 Å². The number of carbonyl (C=O) groups excluding carboxylic acids is 2. The number of amides is 1. The van der Waals surface area contributed by atoms with E-state index in [1.54, 1.807) is 36.4 Å².